The zero-order valence-corrected chi connectivity index (χ0v) is 12.6. The number of rotatable bonds is 5. The van der Waals surface area contributed by atoms with E-state index in [9.17, 15) is 4.79 Å². The number of hydrogen-bond donors (Lipinski definition) is 1. The number of carbonyl (C=O) groups is 1. The quantitative estimate of drug-likeness (QED) is 0.898. The predicted molar refractivity (Wildman–Crippen MR) is 78.4 cm³/mol. The summed E-state index contributed by atoms with van der Waals surface area (Å²) >= 11 is 1.73. The van der Waals surface area contributed by atoms with Crippen molar-refractivity contribution in [1.82, 2.24) is 5.32 Å². The average molecular weight is 281 g/mol. The summed E-state index contributed by atoms with van der Waals surface area (Å²) in [4.78, 5) is 14.5. The fraction of sp³-hybridized carbons (Fsp3) is 0.667. The van der Waals surface area contributed by atoms with Gasteiger partial charge in [-0.25, -0.2) is 0 Å². The lowest BCUT2D eigenvalue weighted by molar-refractivity contribution is -0.126. The van der Waals surface area contributed by atoms with Crippen molar-refractivity contribution in [2.75, 3.05) is 13.7 Å². The standard InChI is InChI=1S/C15H23NO2S/c1-11-8-9-14(19-11)13(18-2)10-16-15(17)12-6-4-3-5-7-12/h8-9,12-13H,3-7,10H2,1-2H3,(H,16,17). The average Bonchev–Trinajstić information content (AvgIpc) is 2.87. The molecule has 1 fully saturated rings. The molecule has 19 heavy (non-hydrogen) atoms. The van der Waals surface area contributed by atoms with Gasteiger partial charge in [0, 0.05) is 29.3 Å². The van der Waals surface area contributed by atoms with Gasteiger partial charge in [-0.15, -0.1) is 11.3 Å². The van der Waals surface area contributed by atoms with Gasteiger partial charge in [-0.3, -0.25) is 4.79 Å². The molecule has 1 N–H and O–H groups in total. The molecule has 0 spiro atoms. The van der Waals surface area contributed by atoms with E-state index in [1.165, 1.54) is 29.0 Å². The molecule has 1 saturated carbocycles. The molecular weight excluding hydrogens is 258 g/mol. The van der Waals surface area contributed by atoms with E-state index >= 15 is 0 Å². The molecule has 0 aliphatic heterocycles. The first-order valence-electron chi connectivity index (χ1n) is 7.07. The maximum absolute atomic E-state index is 12.1. The first-order valence-corrected chi connectivity index (χ1v) is 7.89. The second kappa shape index (κ2) is 7.06. The van der Waals surface area contributed by atoms with Crippen molar-refractivity contribution < 1.29 is 9.53 Å². The molecule has 0 bridgehead atoms. The number of nitrogens with one attached hydrogen (secondary N) is 1. The Bertz CT molecular complexity index is 410. The van der Waals surface area contributed by atoms with Crippen molar-refractivity contribution in [2.45, 2.75) is 45.1 Å². The molecule has 1 aliphatic carbocycles. The third-order valence-corrected chi connectivity index (χ3v) is 4.89. The predicted octanol–water partition coefficient (Wildman–Crippen LogP) is 3.44. The molecule has 4 heteroatoms. The number of hydrogen-bond acceptors (Lipinski definition) is 3. The topological polar surface area (TPSA) is 38.3 Å². The van der Waals surface area contributed by atoms with Crippen LogP contribution in [0.25, 0.3) is 0 Å². The highest BCUT2D eigenvalue weighted by Crippen LogP contribution is 2.26. The van der Waals surface area contributed by atoms with E-state index in [4.69, 9.17) is 4.74 Å². The Hall–Kier alpha value is -0.870. The maximum atomic E-state index is 12.1. The highest BCUT2D eigenvalue weighted by Gasteiger charge is 2.22. The third-order valence-electron chi connectivity index (χ3n) is 3.80. The van der Waals surface area contributed by atoms with Crippen LogP contribution in [0, 0.1) is 12.8 Å². The number of carbonyl (C=O) groups excluding carboxylic acids is 1. The molecular formula is C15H23NO2S. The Morgan fingerprint density at radius 1 is 1.42 bits per heavy atom. The van der Waals surface area contributed by atoms with Crippen LogP contribution in [-0.2, 0) is 9.53 Å². The summed E-state index contributed by atoms with van der Waals surface area (Å²) in [6.45, 7) is 2.66. The molecule has 1 unspecified atom stereocenters. The first-order chi connectivity index (χ1) is 9.20. The molecule has 1 amide bonds. The van der Waals surface area contributed by atoms with Gasteiger partial charge < -0.3 is 10.1 Å². The lowest BCUT2D eigenvalue weighted by atomic mass is 9.88. The van der Waals surface area contributed by atoms with Crippen molar-refractivity contribution in [2.24, 2.45) is 5.92 Å². The van der Waals surface area contributed by atoms with Crippen molar-refractivity contribution in [3.8, 4) is 0 Å². The summed E-state index contributed by atoms with van der Waals surface area (Å²) in [6.07, 6.45) is 5.72. The van der Waals surface area contributed by atoms with Crippen LogP contribution < -0.4 is 5.32 Å². The van der Waals surface area contributed by atoms with Crippen LogP contribution in [0.5, 0.6) is 0 Å². The van der Waals surface area contributed by atoms with Crippen molar-refractivity contribution in [3.63, 3.8) is 0 Å². The van der Waals surface area contributed by atoms with Crippen LogP contribution in [0.15, 0.2) is 12.1 Å². The molecule has 1 aromatic heterocycles. The van der Waals surface area contributed by atoms with Crippen LogP contribution in [0.1, 0.15) is 48.0 Å². The van der Waals surface area contributed by atoms with Gasteiger partial charge in [0.25, 0.3) is 0 Å². The molecule has 2 rings (SSSR count). The zero-order valence-electron chi connectivity index (χ0n) is 11.8. The van der Waals surface area contributed by atoms with Gasteiger partial charge in [-0.05, 0) is 31.9 Å². The van der Waals surface area contributed by atoms with Gasteiger partial charge in [0.2, 0.25) is 5.91 Å². The van der Waals surface area contributed by atoms with Crippen LogP contribution in [0.4, 0.5) is 0 Å². The van der Waals surface area contributed by atoms with Crippen molar-refractivity contribution >= 4 is 17.2 Å². The van der Waals surface area contributed by atoms with E-state index in [1.54, 1.807) is 18.4 Å². The van der Waals surface area contributed by atoms with Crippen LogP contribution in [0.3, 0.4) is 0 Å². The minimum atomic E-state index is -0.0220. The first kappa shape index (κ1) is 14.5. The van der Waals surface area contributed by atoms with E-state index in [2.05, 4.69) is 24.4 Å². The second-order valence-corrected chi connectivity index (χ2v) is 6.57. The SMILES string of the molecule is COC(CNC(=O)C1CCCCC1)c1ccc(C)s1. The summed E-state index contributed by atoms with van der Waals surface area (Å²) in [5, 5.41) is 3.05. The maximum Gasteiger partial charge on any atom is 0.223 e. The summed E-state index contributed by atoms with van der Waals surface area (Å²) in [5.74, 6) is 0.423. The number of aryl methyl sites for hydroxylation is 1. The monoisotopic (exact) mass is 281 g/mol. The lowest BCUT2D eigenvalue weighted by Crippen LogP contribution is -2.35. The Labute approximate surface area is 119 Å². The highest BCUT2D eigenvalue weighted by molar-refractivity contribution is 7.12. The molecule has 1 atom stereocenters. The smallest absolute Gasteiger partial charge is 0.223 e. The van der Waals surface area contributed by atoms with E-state index in [0.29, 0.717) is 6.54 Å². The van der Waals surface area contributed by atoms with E-state index in [-0.39, 0.29) is 17.9 Å². The normalized spacial score (nSPS) is 18.2. The summed E-state index contributed by atoms with van der Waals surface area (Å²) < 4.78 is 5.48. The fourth-order valence-electron chi connectivity index (χ4n) is 2.63. The number of amides is 1. The van der Waals surface area contributed by atoms with Crippen LogP contribution >= 0.6 is 11.3 Å². The van der Waals surface area contributed by atoms with E-state index in [1.807, 2.05) is 0 Å². The Balaban J connectivity index is 1.84. The molecule has 1 aliphatic rings. The van der Waals surface area contributed by atoms with Crippen LogP contribution in [0.2, 0.25) is 0 Å². The molecule has 1 heterocycles. The second-order valence-electron chi connectivity index (χ2n) is 5.25. The summed E-state index contributed by atoms with van der Waals surface area (Å²) in [5.41, 5.74) is 0. The van der Waals surface area contributed by atoms with Gasteiger partial charge in [0.05, 0.1) is 0 Å². The molecule has 0 radical (unpaired) electrons. The summed E-state index contributed by atoms with van der Waals surface area (Å²) in [7, 11) is 1.70. The van der Waals surface area contributed by atoms with Crippen molar-refractivity contribution in [1.29, 1.82) is 0 Å². The van der Waals surface area contributed by atoms with Gasteiger partial charge in [0.1, 0.15) is 6.10 Å². The third kappa shape index (κ3) is 4.05. The summed E-state index contributed by atoms with van der Waals surface area (Å²) in [6, 6.07) is 4.18. The number of ether oxygens (including phenoxy) is 1. The molecule has 0 aromatic carbocycles. The Morgan fingerprint density at radius 3 is 2.74 bits per heavy atom. The van der Waals surface area contributed by atoms with Crippen LogP contribution in [-0.4, -0.2) is 19.6 Å². The van der Waals surface area contributed by atoms with Gasteiger partial charge in [0.15, 0.2) is 0 Å². The minimum Gasteiger partial charge on any atom is -0.374 e. The molecule has 0 saturated heterocycles. The lowest BCUT2D eigenvalue weighted by Gasteiger charge is -2.22. The molecule has 1 aromatic rings. The Morgan fingerprint density at radius 2 is 2.16 bits per heavy atom. The van der Waals surface area contributed by atoms with E-state index in [0.717, 1.165) is 12.8 Å². The van der Waals surface area contributed by atoms with Gasteiger partial charge in [-0.2, -0.15) is 0 Å². The van der Waals surface area contributed by atoms with Gasteiger partial charge >= 0.3 is 0 Å². The van der Waals surface area contributed by atoms with Gasteiger partial charge in [-0.1, -0.05) is 19.3 Å². The number of thiophene rings is 1. The highest BCUT2D eigenvalue weighted by atomic mass is 32.1. The minimum absolute atomic E-state index is 0.0220. The molecule has 106 valence electrons. The number of methoxy groups -OCH3 is 1. The van der Waals surface area contributed by atoms with Crippen molar-refractivity contribution in [3.05, 3.63) is 21.9 Å². The molecule has 3 nitrogen and oxygen atoms in total. The Kier molecular flexibility index (Phi) is 5.40. The van der Waals surface area contributed by atoms with E-state index < -0.39 is 0 Å². The fourth-order valence-corrected chi connectivity index (χ4v) is 3.58. The largest absolute Gasteiger partial charge is 0.374 e. The zero-order chi connectivity index (χ0) is 13.7.